The fourth-order valence-electron chi connectivity index (χ4n) is 1.20. The van der Waals surface area contributed by atoms with E-state index in [1.54, 1.807) is 24.3 Å². The molecule has 0 aliphatic heterocycles. The summed E-state index contributed by atoms with van der Waals surface area (Å²) in [6.45, 7) is 7.51. The molecule has 0 spiro atoms. The first-order valence-corrected chi connectivity index (χ1v) is 5.47. The Morgan fingerprint density at radius 3 is 2.39 bits per heavy atom. The molecule has 0 saturated carbocycles. The number of carboxylic acid groups (broad SMARTS) is 1. The van der Waals surface area contributed by atoms with Gasteiger partial charge in [0.1, 0.15) is 11.4 Å². The smallest absolute Gasteiger partial charge is 0.335 e. The van der Waals surface area contributed by atoms with Gasteiger partial charge in [-0.05, 0) is 38.3 Å². The topological polar surface area (TPSA) is 88.0 Å². The molecule has 0 radical (unpaired) electrons. The predicted octanol–water partition coefficient (Wildman–Crippen LogP) is 1.72. The maximum absolute atomic E-state index is 10.7. The minimum Gasteiger partial charge on any atom is -0.478 e. The van der Waals surface area contributed by atoms with Crippen LogP contribution in [0.2, 0.25) is 0 Å². The van der Waals surface area contributed by atoms with Gasteiger partial charge in [0, 0.05) is 0 Å². The Kier molecular flexibility index (Phi) is 4.20. The first kappa shape index (κ1) is 13.9. The summed E-state index contributed by atoms with van der Waals surface area (Å²) in [6.07, 6.45) is 0. The molecule has 0 aromatic heterocycles. The summed E-state index contributed by atoms with van der Waals surface area (Å²) in [4.78, 5) is 18.8. The molecular weight excluding hydrogens is 230 g/mol. The van der Waals surface area contributed by atoms with Gasteiger partial charge >= 0.3 is 5.97 Å². The normalized spacial score (nSPS) is 12.2. The second-order valence-corrected chi connectivity index (χ2v) is 4.42. The maximum Gasteiger partial charge on any atom is 0.335 e. The number of nitrogens with two attached hydrogens (primary N) is 1. The lowest BCUT2D eigenvalue weighted by atomic mass is 10.1. The van der Waals surface area contributed by atoms with Gasteiger partial charge in [-0.25, -0.2) is 4.79 Å². The molecule has 0 amide bonds. The van der Waals surface area contributed by atoms with Crippen molar-refractivity contribution < 1.29 is 9.90 Å². The second-order valence-electron chi connectivity index (χ2n) is 4.42. The molecule has 18 heavy (non-hydrogen) atoms. The Bertz CT molecular complexity index is 476. The van der Waals surface area contributed by atoms with Crippen LogP contribution in [0.1, 0.15) is 29.8 Å². The Balaban J connectivity index is 2.77. The lowest BCUT2D eigenvalue weighted by molar-refractivity contribution is 0.0697. The first-order valence-electron chi connectivity index (χ1n) is 5.47. The van der Waals surface area contributed by atoms with Crippen LogP contribution in [0.3, 0.4) is 0 Å². The molecule has 5 nitrogen and oxygen atoms in total. The fraction of sp³-hybridized carbons (Fsp3) is 0.308. The summed E-state index contributed by atoms with van der Waals surface area (Å²) in [7, 11) is 0. The van der Waals surface area contributed by atoms with Crippen LogP contribution in [0.15, 0.2) is 34.3 Å². The van der Waals surface area contributed by atoms with E-state index in [1.807, 2.05) is 13.8 Å². The number of benzene rings is 1. The Morgan fingerprint density at radius 1 is 1.39 bits per heavy atom. The van der Waals surface area contributed by atoms with Gasteiger partial charge in [-0.3, -0.25) is 9.98 Å². The molecule has 0 unspecified atom stereocenters. The van der Waals surface area contributed by atoms with Crippen molar-refractivity contribution in [1.82, 2.24) is 0 Å². The van der Waals surface area contributed by atoms with E-state index in [1.165, 1.54) is 0 Å². The molecule has 5 heteroatoms. The van der Waals surface area contributed by atoms with E-state index in [9.17, 15) is 4.79 Å². The summed E-state index contributed by atoms with van der Waals surface area (Å²) < 4.78 is 0. The van der Waals surface area contributed by atoms with E-state index in [2.05, 4.69) is 16.7 Å². The number of aromatic carboxylic acids is 1. The van der Waals surface area contributed by atoms with Crippen LogP contribution in [-0.4, -0.2) is 29.2 Å². The minimum atomic E-state index is -0.943. The quantitative estimate of drug-likeness (QED) is 0.613. The van der Waals surface area contributed by atoms with E-state index < -0.39 is 11.5 Å². The highest BCUT2D eigenvalue weighted by Gasteiger charge is 2.19. The van der Waals surface area contributed by atoms with Gasteiger partial charge in [0.15, 0.2) is 0 Å². The SMILES string of the molecule is C=NC(C)(C)C(N)=NCc1ccc(C(=O)O)cc1. The zero-order chi connectivity index (χ0) is 13.8. The molecule has 1 aromatic rings. The molecule has 0 aliphatic rings. The maximum atomic E-state index is 10.7. The Hall–Kier alpha value is -2.17. The van der Waals surface area contributed by atoms with E-state index in [4.69, 9.17) is 10.8 Å². The van der Waals surface area contributed by atoms with Gasteiger partial charge in [0.25, 0.3) is 0 Å². The molecule has 0 heterocycles. The number of carbonyl (C=O) groups is 1. The largest absolute Gasteiger partial charge is 0.478 e. The molecule has 0 fully saturated rings. The highest BCUT2D eigenvalue weighted by atomic mass is 16.4. The van der Waals surface area contributed by atoms with Crippen molar-refractivity contribution in [2.45, 2.75) is 25.9 Å². The molecule has 3 N–H and O–H groups in total. The predicted molar refractivity (Wildman–Crippen MR) is 72.4 cm³/mol. The fourth-order valence-corrected chi connectivity index (χ4v) is 1.20. The number of carboxylic acids is 1. The van der Waals surface area contributed by atoms with Crippen molar-refractivity contribution in [3.05, 3.63) is 35.4 Å². The minimum absolute atomic E-state index is 0.254. The number of nitrogens with zero attached hydrogens (tertiary/aromatic N) is 2. The summed E-state index contributed by atoms with van der Waals surface area (Å²) in [6, 6.07) is 6.52. The van der Waals surface area contributed by atoms with Crippen LogP contribution in [0.5, 0.6) is 0 Å². The van der Waals surface area contributed by atoms with Crippen LogP contribution < -0.4 is 5.73 Å². The number of rotatable bonds is 5. The van der Waals surface area contributed by atoms with Crippen molar-refractivity contribution >= 4 is 18.5 Å². The standard InChI is InChI=1S/C13H17N3O2/c1-13(2,15-3)12(14)16-8-9-4-6-10(7-5-9)11(17)18/h4-7H,3,8H2,1-2H3,(H2,14,16)(H,17,18). The summed E-state index contributed by atoms with van der Waals surface area (Å²) in [5.74, 6) is -0.540. The summed E-state index contributed by atoms with van der Waals surface area (Å²) >= 11 is 0. The van der Waals surface area contributed by atoms with Crippen LogP contribution in [-0.2, 0) is 6.54 Å². The average molecular weight is 247 g/mol. The van der Waals surface area contributed by atoms with Crippen LogP contribution in [0.4, 0.5) is 0 Å². The van der Waals surface area contributed by atoms with E-state index in [-0.39, 0.29) is 5.56 Å². The number of hydrogen-bond donors (Lipinski definition) is 2. The van der Waals surface area contributed by atoms with Crippen LogP contribution in [0.25, 0.3) is 0 Å². The molecule has 0 aliphatic carbocycles. The highest BCUT2D eigenvalue weighted by Crippen LogP contribution is 2.10. The zero-order valence-electron chi connectivity index (χ0n) is 10.6. The van der Waals surface area contributed by atoms with Crippen LogP contribution in [0, 0.1) is 0 Å². The van der Waals surface area contributed by atoms with E-state index in [0.717, 1.165) is 5.56 Å². The highest BCUT2D eigenvalue weighted by molar-refractivity contribution is 5.90. The van der Waals surface area contributed by atoms with Crippen molar-refractivity contribution in [2.75, 3.05) is 0 Å². The van der Waals surface area contributed by atoms with Gasteiger partial charge in [-0.15, -0.1) is 0 Å². The van der Waals surface area contributed by atoms with Crippen molar-refractivity contribution in [3.8, 4) is 0 Å². The summed E-state index contributed by atoms with van der Waals surface area (Å²) in [5, 5.41) is 8.77. The van der Waals surface area contributed by atoms with Gasteiger partial charge in [-0.1, -0.05) is 12.1 Å². The molecule has 96 valence electrons. The third-order valence-electron chi connectivity index (χ3n) is 2.65. The van der Waals surface area contributed by atoms with Gasteiger partial charge < -0.3 is 10.8 Å². The van der Waals surface area contributed by atoms with Crippen molar-refractivity contribution in [2.24, 2.45) is 15.7 Å². The first-order chi connectivity index (χ1) is 8.36. The Labute approximate surface area is 106 Å². The third kappa shape index (κ3) is 3.41. The number of hydrogen-bond acceptors (Lipinski definition) is 3. The monoisotopic (exact) mass is 247 g/mol. The van der Waals surface area contributed by atoms with Gasteiger partial charge in [0.05, 0.1) is 12.1 Å². The van der Waals surface area contributed by atoms with Crippen molar-refractivity contribution in [3.63, 3.8) is 0 Å². The lowest BCUT2D eigenvalue weighted by Crippen LogP contribution is -2.36. The van der Waals surface area contributed by atoms with Gasteiger partial charge in [0.2, 0.25) is 0 Å². The average Bonchev–Trinajstić information content (AvgIpc) is 2.36. The molecule has 0 bridgehead atoms. The molecule has 0 saturated heterocycles. The lowest BCUT2D eigenvalue weighted by Gasteiger charge is -2.17. The number of aliphatic imine (C=N–C) groups is 2. The second kappa shape index (κ2) is 5.44. The summed E-state index contributed by atoms with van der Waals surface area (Å²) in [5.41, 5.74) is 6.37. The van der Waals surface area contributed by atoms with E-state index in [0.29, 0.717) is 12.4 Å². The van der Waals surface area contributed by atoms with Crippen molar-refractivity contribution in [1.29, 1.82) is 0 Å². The van der Waals surface area contributed by atoms with E-state index >= 15 is 0 Å². The molecule has 0 atom stereocenters. The Morgan fingerprint density at radius 2 is 1.94 bits per heavy atom. The zero-order valence-corrected chi connectivity index (χ0v) is 10.6. The van der Waals surface area contributed by atoms with Crippen LogP contribution >= 0.6 is 0 Å². The van der Waals surface area contributed by atoms with Gasteiger partial charge in [-0.2, -0.15) is 0 Å². The number of amidine groups is 1. The molecular formula is C13H17N3O2. The molecule has 1 aromatic carbocycles. The third-order valence-corrected chi connectivity index (χ3v) is 2.65. The molecule has 1 rings (SSSR count).